The van der Waals surface area contributed by atoms with E-state index in [9.17, 15) is 9.59 Å². The lowest BCUT2D eigenvalue weighted by atomic mass is 10.2. The Kier molecular flexibility index (Phi) is 11.1. The minimum Gasteiger partial charge on any atom is -1.00 e. The summed E-state index contributed by atoms with van der Waals surface area (Å²) in [5, 5.41) is 5.40. The predicted molar refractivity (Wildman–Crippen MR) is 76.4 cm³/mol. The highest BCUT2D eigenvalue weighted by Crippen LogP contribution is 2.10. The molecule has 0 heterocycles. The number of hydrogen-bond acceptors (Lipinski definition) is 3. The summed E-state index contributed by atoms with van der Waals surface area (Å²) in [6.07, 6.45) is 0. The quantitative estimate of drug-likeness (QED) is 0.418. The van der Waals surface area contributed by atoms with Crippen molar-refractivity contribution in [1.29, 1.82) is 0 Å². The Morgan fingerprint density at radius 3 is 2.25 bits per heavy atom. The molecule has 7 heteroatoms. The molecule has 1 rings (SSSR count). The van der Waals surface area contributed by atoms with Gasteiger partial charge in [0.2, 0.25) is 5.91 Å². The highest BCUT2D eigenvalue weighted by atomic mass is 79.9. The number of hydrogen-bond donors (Lipinski definition) is 3. The van der Waals surface area contributed by atoms with Crippen LogP contribution >= 0.6 is 11.8 Å². The molecule has 0 saturated heterocycles. The lowest BCUT2D eigenvalue weighted by Gasteiger charge is -2.06. The summed E-state index contributed by atoms with van der Waals surface area (Å²) >= 11 is 1.57. The van der Waals surface area contributed by atoms with E-state index >= 15 is 0 Å². The first-order chi connectivity index (χ1) is 9.22. The predicted octanol–water partition coefficient (Wildman–Crippen LogP) is -3.60. The van der Waals surface area contributed by atoms with Crippen LogP contribution in [0.4, 0.5) is 0 Å². The zero-order chi connectivity index (χ0) is 13.9. The van der Waals surface area contributed by atoms with Crippen molar-refractivity contribution in [1.82, 2.24) is 10.6 Å². The molecule has 0 aromatic heterocycles. The Labute approximate surface area is 133 Å². The van der Waals surface area contributed by atoms with Crippen molar-refractivity contribution < 1.29 is 32.3 Å². The van der Waals surface area contributed by atoms with Crippen LogP contribution in [0.1, 0.15) is 5.56 Å². The number of benzene rings is 1. The van der Waals surface area contributed by atoms with Crippen LogP contribution in [0.3, 0.4) is 0 Å². The van der Waals surface area contributed by atoms with Gasteiger partial charge in [0, 0.05) is 18.8 Å². The second-order valence-corrected chi connectivity index (χ2v) is 4.91. The van der Waals surface area contributed by atoms with Crippen LogP contribution in [0.15, 0.2) is 30.3 Å². The first-order valence-electron chi connectivity index (χ1n) is 6.16. The lowest BCUT2D eigenvalue weighted by Crippen LogP contribution is -3.00. The number of nitrogens with one attached hydrogen (secondary N) is 2. The third kappa shape index (κ3) is 8.95. The molecule has 0 radical (unpaired) electrons. The highest BCUT2D eigenvalue weighted by molar-refractivity contribution is 7.99. The van der Waals surface area contributed by atoms with Crippen LogP contribution in [-0.4, -0.2) is 37.2 Å². The summed E-state index contributed by atoms with van der Waals surface area (Å²) in [5.41, 5.74) is 4.68. The number of carbonyl (C=O) groups is 2. The molecule has 0 bridgehead atoms. The second kappa shape index (κ2) is 11.7. The molecule has 0 spiro atoms. The van der Waals surface area contributed by atoms with E-state index in [2.05, 4.69) is 16.4 Å². The number of halogens is 1. The molecule has 0 unspecified atom stereocenters. The van der Waals surface area contributed by atoms with Crippen molar-refractivity contribution in [2.75, 3.05) is 25.4 Å². The van der Waals surface area contributed by atoms with Gasteiger partial charge in [0.15, 0.2) is 6.54 Å². The third-order valence-corrected chi connectivity index (χ3v) is 3.34. The molecule has 0 saturated carbocycles. The molecule has 0 aliphatic rings. The highest BCUT2D eigenvalue weighted by Gasteiger charge is 2.02. The van der Waals surface area contributed by atoms with Gasteiger partial charge in [-0.25, -0.2) is 0 Å². The number of carbonyl (C=O) groups excluding carboxylic acids is 2. The van der Waals surface area contributed by atoms with Gasteiger partial charge in [0.05, 0.1) is 5.75 Å². The van der Waals surface area contributed by atoms with Gasteiger partial charge in [0.1, 0.15) is 0 Å². The van der Waals surface area contributed by atoms with Crippen molar-refractivity contribution in [3.8, 4) is 0 Å². The zero-order valence-electron chi connectivity index (χ0n) is 11.2. The maximum Gasteiger partial charge on any atom is 0.275 e. The van der Waals surface area contributed by atoms with E-state index in [1.165, 1.54) is 5.56 Å². The van der Waals surface area contributed by atoms with Gasteiger partial charge < -0.3 is 33.3 Å². The van der Waals surface area contributed by atoms with Crippen molar-refractivity contribution in [3.05, 3.63) is 35.9 Å². The Balaban J connectivity index is 0.00000361. The molecule has 2 amide bonds. The number of thioether (sulfide) groups is 1. The Bertz CT molecular complexity index is 404. The summed E-state index contributed by atoms with van der Waals surface area (Å²) in [6.45, 7) is 1.13. The molecular weight excluding hydrogens is 342 g/mol. The van der Waals surface area contributed by atoms with E-state index in [1.807, 2.05) is 30.3 Å². The van der Waals surface area contributed by atoms with Crippen LogP contribution in [0, 0.1) is 0 Å². The minimum atomic E-state index is -0.104. The van der Waals surface area contributed by atoms with E-state index in [-0.39, 0.29) is 35.3 Å². The fourth-order valence-corrected chi connectivity index (χ4v) is 2.20. The van der Waals surface area contributed by atoms with Gasteiger partial charge in [-0.15, -0.1) is 11.8 Å². The summed E-state index contributed by atoms with van der Waals surface area (Å²) in [5.74, 6) is 1.14. The van der Waals surface area contributed by atoms with E-state index in [4.69, 9.17) is 0 Å². The molecule has 1 aromatic carbocycles. The molecular formula is C13H20BrN3O2S. The van der Waals surface area contributed by atoms with E-state index < -0.39 is 0 Å². The maximum absolute atomic E-state index is 11.5. The minimum absolute atomic E-state index is 0. The van der Waals surface area contributed by atoms with Gasteiger partial charge in [-0.3, -0.25) is 9.59 Å². The summed E-state index contributed by atoms with van der Waals surface area (Å²) < 4.78 is 0. The topological polar surface area (TPSA) is 85.8 Å². The third-order valence-electron chi connectivity index (χ3n) is 2.34. The van der Waals surface area contributed by atoms with E-state index in [1.54, 1.807) is 11.8 Å². The van der Waals surface area contributed by atoms with Gasteiger partial charge in [-0.05, 0) is 5.56 Å². The van der Waals surface area contributed by atoms with Crippen LogP contribution in [0.2, 0.25) is 0 Å². The largest absolute Gasteiger partial charge is 1.00 e. The van der Waals surface area contributed by atoms with Crippen molar-refractivity contribution in [2.45, 2.75) is 5.75 Å². The van der Waals surface area contributed by atoms with Gasteiger partial charge in [-0.1, -0.05) is 30.3 Å². The molecule has 5 nitrogen and oxygen atoms in total. The first-order valence-corrected chi connectivity index (χ1v) is 7.32. The van der Waals surface area contributed by atoms with Gasteiger partial charge >= 0.3 is 0 Å². The molecule has 0 aliphatic carbocycles. The van der Waals surface area contributed by atoms with E-state index in [0.29, 0.717) is 18.8 Å². The Hall–Kier alpha value is -1.05. The molecule has 1 aromatic rings. The number of amides is 2. The molecule has 0 aliphatic heterocycles. The summed E-state index contributed by atoms with van der Waals surface area (Å²) in [4.78, 5) is 22.4. The molecule has 112 valence electrons. The zero-order valence-corrected chi connectivity index (χ0v) is 13.6. The molecule has 20 heavy (non-hydrogen) atoms. The molecule has 0 fully saturated rings. The Morgan fingerprint density at radius 2 is 1.65 bits per heavy atom. The SMILES string of the molecule is [Br-].[NH3+]CC(=O)NCCNC(=O)CSCc1ccccc1. The summed E-state index contributed by atoms with van der Waals surface area (Å²) in [6, 6.07) is 10.0. The lowest BCUT2D eigenvalue weighted by molar-refractivity contribution is -0.355. The van der Waals surface area contributed by atoms with Crippen molar-refractivity contribution >= 4 is 23.6 Å². The standard InChI is InChI=1S/C13H19N3O2S.BrH/c14-8-12(17)15-6-7-16-13(18)10-19-9-11-4-2-1-3-5-11;/h1-5H,6-10,14H2,(H,15,17)(H,16,18);1H. The molecule has 5 N–H and O–H groups in total. The van der Waals surface area contributed by atoms with Crippen molar-refractivity contribution in [3.63, 3.8) is 0 Å². The molecule has 0 atom stereocenters. The van der Waals surface area contributed by atoms with Gasteiger partial charge in [-0.2, -0.15) is 0 Å². The first kappa shape index (κ1) is 18.9. The van der Waals surface area contributed by atoms with Crippen LogP contribution in [-0.2, 0) is 15.3 Å². The fourth-order valence-electron chi connectivity index (χ4n) is 1.38. The monoisotopic (exact) mass is 361 g/mol. The van der Waals surface area contributed by atoms with Crippen LogP contribution in [0.25, 0.3) is 0 Å². The number of quaternary nitrogens is 1. The van der Waals surface area contributed by atoms with Gasteiger partial charge in [0.25, 0.3) is 5.91 Å². The fraction of sp³-hybridized carbons (Fsp3) is 0.385. The smallest absolute Gasteiger partial charge is 0.275 e. The van der Waals surface area contributed by atoms with Crippen LogP contribution in [0.5, 0.6) is 0 Å². The van der Waals surface area contributed by atoms with Crippen LogP contribution < -0.4 is 33.3 Å². The van der Waals surface area contributed by atoms with Crippen molar-refractivity contribution in [2.24, 2.45) is 0 Å². The maximum atomic E-state index is 11.5. The van der Waals surface area contributed by atoms with E-state index in [0.717, 1.165) is 5.75 Å². The second-order valence-electron chi connectivity index (χ2n) is 3.93. The Morgan fingerprint density at radius 1 is 1.05 bits per heavy atom. The summed E-state index contributed by atoms with van der Waals surface area (Å²) in [7, 11) is 0. The number of rotatable bonds is 8. The average Bonchev–Trinajstić information content (AvgIpc) is 2.44. The average molecular weight is 362 g/mol. The normalized spacial score (nSPS) is 9.45.